The number of ether oxygens (including phenoxy) is 1. The first-order valence-electron chi connectivity index (χ1n) is 7.18. The van der Waals surface area contributed by atoms with Crippen LogP contribution in [0, 0.1) is 5.92 Å². The molecular formula is C16H21N3O. The number of nitrogens with two attached hydrogens (primary N) is 1. The van der Waals surface area contributed by atoms with Crippen LogP contribution in [0.3, 0.4) is 0 Å². The Bertz CT molecular complexity index is 552. The van der Waals surface area contributed by atoms with Crippen LogP contribution in [0.15, 0.2) is 42.9 Å². The van der Waals surface area contributed by atoms with Gasteiger partial charge in [0.25, 0.3) is 0 Å². The summed E-state index contributed by atoms with van der Waals surface area (Å²) in [5, 5.41) is 0. The van der Waals surface area contributed by atoms with Gasteiger partial charge >= 0.3 is 0 Å². The minimum atomic E-state index is -0.128. The lowest BCUT2D eigenvalue weighted by Crippen LogP contribution is -2.22. The van der Waals surface area contributed by atoms with Gasteiger partial charge in [0.2, 0.25) is 0 Å². The Morgan fingerprint density at radius 3 is 2.90 bits per heavy atom. The minimum Gasteiger partial charge on any atom is -0.378 e. The van der Waals surface area contributed by atoms with E-state index in [1.807, 2.05) is 30.7 Å². The summed E-state index contributed by atoms with van der Waals surface area (Å²) in [5.41, 5.74) is 8.56. The molecule has 0 aliphatic carbocycles. The van der Waals surface area contributed by atoms with Gasteiger partial charge in [0.1, 0.15) is 0 Å². The highest BCUT2D eigenvalue weighted by molar-refractivity contribution is 5.26. The van der Waals surface area contributed by atoms with Gasteiger partial charge in [0.05, 0.1) is 30.4 Å². The first-order chi connectivity index (χ1) is 9.75. The zero-order chi connectivity index (χ0) is 13.9. The molecule has 2 aromatic rings. The lowest BCUT2D eigenvalue weighted by Gasteiger charge is -2.19. The first-order valence-corrected chi connectivity index (χ1v) is 7.18. The second-order valence-corrected chi connectivity index (χ2v) is 5.48. The lowest BCUT2D eigenvalue weighted by molar-refractivity contribution is 0.101. The average molecular weight is 271 g/mol. The van der Waals surface area contributed by atoms with E-state index in [0.717, 1.165) is 30.8 Å². The third-order valence-corrected chi connectivity index (χ3v) is 4.19. The molecule has 0 radical (unpaired) electrons. The monoisotopic (exact) mass is 271 g/mol. The van der Waals surface area contributed by atoms with Crippen molar-refractivity contribution in [1.82, 2.24) is 9.55 Å². The second kappa shape index (κ2) is 5.77. The SMILES string of the molecule is CC1OCCC1Cn1cncc1C(N)c1ccccc1. The van der Waals surface area contributed by atoms with E-state index in [1.54, 1.807) is 0 Å². The number of nitrogens with zero attached hydrogens (tertiary/aromatic N) is 2. The van der Waals surface area contributed by atoms with Crippen LogP contribution in [-0.4, -0.2) is 22.3 Å². The van der Waals surface area contributed by atoms with Crippen LogP contribution in [0.1, 0.15) is 30.6 Å². The van der Waals surface area contributed by atoms with Gasteiger partial charge in [-0.25, -0.2) is 4.98 Å². The largest absolute Gasteiger partial charge is 0.378 e. The lowest BCUT2D eigenvalue weighted by atomic mass is 10.0. The molecule has 1 aliphatic rings. The van der Waals surface area contributed by atoms with E-state index in [9.17, 15) is 0 Å². The first kappa shape index (κ1) is 13.3. The molecule has 0 amide bonds. The summed E-state index contributed by atoms with van der Waals surface area (Å²) in [6, 6.07) is 10.0. The highest BCUT2D eigenvalue weighted by atomic mass is 16.5. The number of benzene rings is 1. The zero-order valence-corrected chi connectivity index (χ0v) is 11.8. The van der Waals surface area contributed by atoms with E-state index in [2.05, 4.69) is 28.6 Å². The van der Waals surface area contributed by atoms with Crippen molar-refractivity contribution in [3.05, 3.63) is 54.1 Å². The van der Waals surface area contributed by atoms with Gasteiger partial charge in [-0.05, 0) is 18.9 Å². The van der Waals surface area contributed by atoms with Crippen molar-refractivity contribution in [2.75, 3.05) is 6.61 Å². The number of hydrogen-bond acceptors (Lipinski definition) is 3. The van der Waals surface area contributed by atoms with Gasteiger partial charge in [-0.1, -0.05) is 30.3 Å². The third kappa shape index (κ3) is 2.62. The van der Waals surface area contributed by atoms with E-state index < -0.39 is 0 Å². The van der Waals surface area contributed by atoms with Gasteiger partial charge in [0, 0.05) is 19.1 Å². The van der Waals surface area contributed by atoms with Crippen LogP contribution < -0.4 is 5.73 Å². The minimum absolute atomic E-state index is 0.128. The highest BCUT2D eigenvalue weighted by Gasteiger charge is 2.25. The van der Waals surface area contributed by atoms with Crippen molar-refractivity contribution < 1.29 is 4.74 Å². The normalized spacial score (nSPS) is 23.9. The molecule has 4 heteroatoms. The molecule has 3 atom stereocenters. The standard InChI is InChI=1S/C16H21N3O/c1-12-14(7-8-20-12)10-19-11-18-9-15(19)16(17)13-5-3-2-4-6-13/h2-6,9,11-12,14,16H,7-8,10,17H2,1H3. The molecule has 0 saturated carbocycles. The molecule has 3 rings (SSSR count). The molecule has 20 heavy (non-hydrogen) atoms. The molecule has 0 bridgehead atoms. The predicted octanol–water partition coefficient (Wildman–Crippen LogP) is 2.36. The third-order valence-electron chi connectivity index (χ3n) is 4.19. The molecule has 1 aliphatic heterocycles. The summed E-state index contributed by atoms with van der Waals surface area (Å²) < 4.78 is 7.81. The van der Waals surface area contributed by atoms with Gasteiger partial charge in [-0.15, -0.1) is 0 Å². The summed E-state index contributed by atoms with van der Waals surface area (Å²) in [7, 11) is 0. The fourth-order valence-electron chi connectivity index (χ4n) is 2.84. The molecule has 1 aromatic heterocycles. The van der Waals surface area contributed by atoms with Crippen LogP contribution in [0.4, 0.5) is 0 Å². The molecule has 2 heterocycles. The number of imidazole rings is 1. The topological polar surface area (TPSA) is 53.1 Å². The fourth-order valence-corrected chi connectivity index (χ4v) is 2.84. The molecule has 2 N–H and O–H groups in total. The average Bonchev–Trinajstić information content (AvgIpc) is 3.09. The Morgan fingerprint density at radius 2 is 2.20 bits per heavy atom. The van der Waals surface area contributed by atoms with Crippen LogP contribution in [0.2, 0.25) is 0 Å². The van der Waals surface area contributed by atoms with E-state index in [4.69, 9.17) is 10.5 Å². The number of hydrogen-bond donors (Lipinski definition) is 1. The quantitative estimate of drug-likeness (QED) is 0.928. The summed E-state index contributed by atoms with van der Waals surface area (Å²) in [5.74, 6) is 0.547. The highest BCUT2D eigenvalue weighted by Crippen LogP contribution is 2.25. The maximum Gasteiger partial charge on any atom is 0.0948 e. The van der Waals surface area contributed by atoms with Gasteiger partial charge in [0.15, 0.2) is 0 Å². The van der Waals surface area contributed by atoms with Crippen molar-refractivity contribution >= 4 is 0 Å². The Labute approximate surface area is 119 Å². The smallest absolute Gasteiger partial charge is 0.0948 e. The summed E-state index contributed by atoms with van der Waals surface area (Å²) in [6.07, 6.45) is 5.18. The Kier molecular flexibility index (Phi) is 3.85. The Hall–Kier alpha value is -1.65. The molecule has 106 valence electrons. The summed E-state index contributed by atoms with van der Waals surface area (Å²) in [4.78, 5) is 4.28. The van der Waals surface area contributed by atoms with Crippen molar-refractivity contribution in [1.29, 1.82) is 0 Å². The van der Waals surface area contributed by atoms with E-state index in [0.29, 0.717) is 12.0 Å². The van der Waals surface area contributed by atoms with E-state index in [-0.39, 0.29) is 6.04 Å². The molecule has 4 nitrogen and oxygen atoms in total. The Morgan fingerprint density at radius 1 is 1.40 bits per heavy atom. The van der Waals surface area contributed by atoms with Crippen LogP contribution in [0.25, 0.3) is 0 Å². The molecule has 3 unspecified atom stereocenters. The van der Waals surface area contributed by atoms with Crippen LogP contribution in [0.5, 0.6) is 0 Å². The van der Waals surface area contributed by atoms with Crippen LogP contribution >= 0.6 is 0 Å². The van der Waals surface area contributed by atoms with E-state index >= 15 is 0 Å². The second-order valence-electron chi connectivity index (χ2n) is 5.48. The van der Waals surface area contributed by atoms with Crippen molar-refractivity contribution in [3.8, 4) is 0 Å². The van der Waals surface area contributed by atoms with E-state index in [1.165, 1.54) is 0 Å². The van der Waals surface area contributed by atoms with Crippen molar-refractivity contribution in [3.63, 3.8) is 0 Å². The maximum absolute atomic E-state index is 6.38. The number of aromatic nitrogens is 2. The van der Waals surface area contributed by atoms with Crippen molar-refractivity contribution in [2.45, 2.75) is 32.0 Å². The maximum atomic E-state index is 6.38. The summed E-state index contributed by atoms with van der Waals surface area (Å²) in [6.45, 7) is 3.93. The van der Waals surface area contributed by atoms with Gasteiger partial charge in [-0.2, -0.15) is 0 Å². The fraction of sp³-hybridized carbons (Fsp3) is 0.438. The molecule has 1 saturated heterocycles. The molecule has 1 aromatic carbocycles. The Balaban J connectivity index is 1.79. The number of rotatable bonds is 4. The van der Waals surface area contributed by atoms with Crippen LogP contribution in [-0.2, 0) is 11.3 Å². The van der Waals surface area contributed by atoms with Crippen molar-refractivity contribution in [2.24, 2.45) is 11.7 Å². The zero-order valence-electron chi connectivity index (χ0n) is 11.8. The molecule has 0 spiro atoms. The summed E-state index contributed by atoms with van der Waals surface area (Å²) >= 11 is 0. The molecular weight excluding hydrogens is 250 g/mol. The van der Waals surface area contributed by atoms with Gasteiger partial charge in [-0.3, -0.25) is 0 Å². The predicted molar refractivity (Wildman–Crippen MR) is 78.2 cm³/mol. The molecule has 1 fully saturated rings. The van der Waals surface area contributed by atoms with Gasteiger partial charge < -0.3 is 15.0 Å².